The number of carbonyl (C=O) groups excluding carboxylic acids is 1. The van der Waals surface area contributed by atoms with Crippen LogP contribution in [-0.4, -0.2) is 27.2 Å². The molecule has 1 unspecified atom stereocenters. The Morgan fingerprint density at radius 1 is 1.52 bits per heavy atom. The molecule has 2 aromatic heterocycles. The molecule has 0 aliphatic heterocycles. The summed E-state index contributed by atoms with van der Waals surface area (Å²) in [4.78, 5) is 23.5. The van der Waals surface area contributed by atoms with Gasteiger partial charge in [-0.1, -0.05) is 18.7 Å². The Kier molecular flexibility index (Phi) is 4.17. The number of nitrogens with zero attached hydrogens (tertiary/aromatic N) is 2. The molecule has 2 aromatic rings. The third-order valence-electron chi connectivity index (χ3n) is 3.45. The molecule has 0 saturated heterocycles. The van der Waals surface area contributed by atoms with Gasteiger partial charge in [-0.2, -0.15) is 0 Å². The van der Waals surface area contributed by atoms with Crippen LogP contribution >= 0.6 is 23.1 Å². The zero-order chi connectivity index (χ0) is 15.0. The largest absolute Gasteiger partial charge is 0.352 e. The number of carbonyl (C=O) groups is 1. The van der Waals surface area contributed by atoms with E-state index in [0.717, 1.165) is 40.3 Å². The van der Waals surface area contributed by atoms with E-state index in [1.54, 1.807) is 11.3 Å². The standard InChI is InChI=1S/C15H19N3OS2/c1-4-11-7-12-14(16-9(3)17-15(12)21-11)20-8(2)13(19)18-10-5-6-10/h7-8,10H,4-6H2,1-3H3,(H,18,19). The quantitative estimate of drug-likeness (QED) is 0.678. The Hall–Kier alpha value is -1.14. The Bertz CT molecular complexity index is 679. The fourth-order valence-corrected chi connectivity index (χ4v) is 4.13. The van der Waals surface area contributed by atoms with E-state index in [-0.39, 0.29) is 11.2 Å². The summed E-state index contributed by atoms with van der Waals surface area (Å²) in [5.74, 6) is 0.877. The van der Waals surface area contributed by atoms with E-state index in [1.165, 1.54) is 16.6 Å². The Morgan fingerprint density at radius 3 is 2.95 bits per heavy atom. The van der Waals surface area contributed by atoms with Crippen molar-refractivity contribution in [1.29, 1.82) is 0 Å². The Morgan fingerprint density at radius 2 is 2.29 bits per heavy atom. The number of aryl methyl sites for hydroxylation is 2. The number of hydrogen-bond donors (Lipinski definition) is 1. The van der Waals surface area contributed by atoms with Crippen LogP contribution in [0.2, 0.25) is 0 Å². The van der Waals surface area contributed by atoms with Crippen molar-refractivity contribution < 1.29 is 4.79 Å². The maximum atomic E-state index is 12.1. The van der Waals surface area contributed by atoms with Gasteiger partial charge in [-0.15, -0.1) is 11.3 Å². The maximum Gasteiger partial charge on any atom is 0.233 e. The Labute approximate surface area is 132 Å². The lowest BCUT2D eigenvalue weighted by atomic mass is 10.3. The number of rotatable bonds is 5. The molecule has 3 rings (SSSR count). The third kappa shape index (κ3) is 3.37. The van der Waals surface area contributed by atoms with Crippen LogP contribution in [0.1, 0.15) is 37.4 Å². The second kappa shape index (κ2) is 5.93. The van der Waals surface area contributed by atoms with Gasteiger partial charge in [-0.05, 0) is 39.2 Å². The topological polar surface area (TPSA) is 54.9 Å². The van der Waals surface area contributed by atoms with Crippen LogP contribution in [0.25, 0.3) is 10.2 Å². The first-order valence-corrected chi connectivity index (χ1v) is 9.00. The van der Waals surface area contributed by atoms with Crippen molar-refractivity contribution in [3.63, 3.8) is 0 Å². The van der Waals surface area contributed by atoms with Crippen molar-refractivity contribution in [2.75, 3.05) is 0 Å². The van der Waals surface area contributed by atoms with Crippen LogP contribution in [0.3, 0.4) is 0 Å². The number of fused-ring (bicyclic) bond motifs is 1. The lowest BCUT2D eigenvalue weighted by molar-refractivity contribution is -0.120. The smallest absolute Gasteiger partial charge is 0.233 e. The molecule has 0 spiro atoms. The highest BCUT2D eigenvalue weighted by Crippen LogP contribution is 2.34. The summed E-state index contributed by atoms with van der Waals surface area (Å²) in [6, 6.07) is 2.56. The molecule has 0 aromatic carbocycles. The molecule has 4 nitrogen and oxygen atoms in total. The van der Waals surface area contributed by atoms with Gasteiger partial charge in [0, 0.05) is 16.3 Å². The van der Waals surface area contributed by atoms with Gasteiger partial charge in [0.05, 0.1) is 5.25 Å². The summed E-state index contributed by atoms with van der Waals surface area (Å²) >= 11 is 3.25. The first-order valence-electron chi connectivity index (χ1n) is 7.31. The molecule has 1 aliphatic carbocycles. The molecule has 1 saturated carbocycles. The summed E-state index contributed by atoms with van der Waals surface area (Å²) in [6.07, 6.45) is 3.23. The van der Waals surface area contributed by atoms with Gasteiger partial charge in [0.2, 0.25) is 5.91 Å². The molecule has 1 atom stereocenters. The summed E-state index contributed by atoms with van der Waals surface area (Å²) in [6.45, 7) is 5.99. The fourth-order valence-electron chi connectivity index (χ4n) is 2.08. The zero-order valence-electron chi connectivity index (χ0n) is 12.5. The number of hydrogen-bond acceptors (Lipinski definition) is 5. The number of nitrogens with one attached hydrogen (secondary N) is 1. The van der Waals surface area contributed by atoms with Gasteiger partial charge in [-0.25, -0.2) is 9.97 Å². The number of thioether (sulfide) groups is 1. The molecule has 1 aliphatic rings. The lowest BCUT2D eigenvalue weighted by Gasteiger charge is -2.11. The van der Waals surface area contributed by atoms with Crippen molar-refractivity contribution in [3.05, 3.63) is 16.8 Å². The normalized spacial score (nSPS) is 16.1. The average molecular weight is 321 g/mol. The summed E-state index contributed by atoms with van der Waals surface area (Å²) in [5.41, 5.74) is 0. The first kappa shape index (κ1) is 14.8. The minimum atomic E-state index is -0.131. The van der Waals surface area contributed by atoms with Crippen molar-refractivity contribution in [2.45, 2.75) is 56.4 Å². The van der Waals surface area contributed by atoms with E-state index in [0.29, 0.717) is 6.04 Å². The fraction of sp³-hybridized carbons (Fsp3) is 0.533. The molecule has 1 N–H and O–H groups in total. The first-order chi connectivity index (χ1) is 10.1. The monoisotopic (exact) mass is 321 g/mol. The van der Waals surface area contributed by atoms with Crippen molar-refractivity contribution in [2.24, 2.45) is 0 Å². The van der Waals surface area contributed by atoms with Crippen LogP contribution < -0.4 is 5.32 Å². The second-order valence-electron chi connectivity index (χ2n) is 5.40. The number of thiophene rings is 1. The predicted molar refractivity (Wildman–Crippen MR) is 88.0 cm³/mol. The highest BCUT2D eigenvalue weighted by atomic mass is 32.2. The van der Waals surface area contributed by atoms with E-state index >= 15 is 0 Å². The van der Waals surface area contributed by atoms with Gasteiger partial charge >= 0.3 is 0 Å². The molecule has 1 amide bonds. The molecule has 21 heavy (non-hydrogen) atoms. The number of amides is 1. The maximum absolute atomic E-state index is 12.1. The van der Waals surface area contributed by atoms with Gasteiger partial charge in [0.1, 0.15) is 15.7 Å². The SMILES string of the molecule is CCc1cc2c(SC(C)C(=O)NC3CC3)nc(C)nc2s1. The van der Waals surface area contributed by atoms with Gasteiger partial charge < -0.3 is 5.32 Å². The van der Waals surface area contributed by atoms with E-state index < -0.39 is 0 Å². The Balaban J connectivity index is 1.84. The van der Waals surface area contributed by atoms with Crippen LogP contribution in [0.15, 0.2) is 11.1 Å². The van der Waals surface area contributed by atoms with Crippen LogP contribution in [-0.2, 0) is 11.2 Å². The van der Waals surface area contributed by atoms with Crippen LogP contribution in [0, 0.1) is 6.92 Å². The molecule has 0 radical (unpaired) electrons. The van der Waals surface area contributed by atoms with Crippen molar-refractivity contribution in [1.82, 2.24) is 15.3 Å². The lowest BCUT2D eigenvalue weighted by Crippen LogP contribution is -2.32. The molecular weight excluding hydrogens is 302 g/mol. The average Bonchev–Trinajstić information content (AvgIpc) is 3.15. The molecular formula is C15H19N3OS2. The van der Waals surface area contributed by atoms with Crippen LogP contribution in [0.4, 0.5) is 0 Å². The van der Waals surface area contributed by atoms with E-state index in [2.05, 4.69) is 28.3 Å². The van der Waals surface area contributed by atoms with Gasteiger partial charge in [-0.3, -0.25) is 4.79 Å². The second-order valence-corrected chi connectivity index (χ2v) is 7.85. The zero-order valence-corrected chi connectivity index (χ0v) is 14.1. The third-order valence-corrected chi connectivity index (χ3v) is 5.73. The van der Waals surface area contributed by atoms with Crippen molar-refractivity contribution >= 4 is 39.2 Å². The van der Waals surface area contributed by atoms with E-state index in [4.69, 9.17) is 0 Å². The highest BCUT2D eigenvalue weighted by Gasteiger charge is 2.26. The summed E-state index contributed by atoms with van der Waals surface area (Å²) < 4.78 is 0. The minimum absolute atomic E-state index is 0.109. The van der Waals surface area contributed by atoms with Crippen molar-refractivity contribution in [3.8, 4) is 0 Å². The van der Waals surface area contributed by atoms with E-state index in [1.807, 2.05) is 13.8 Å². The summed E-state index contributed by atoms with van der Waals surface area (Å²) in [7, 11) is 0. The van der Waals surface area contributed by atoms with Gasteiger partial charge in [0.15, 0.2) is 0 Å². The number of aromatic nitrogens is 2. The highest BCUT2D eigenvalue weighted by molar-refractivity contribution is 8.00. The minimum Gasteiger partial charge on any atom is -0.352 e. The predicted octanol–water partition coefficient (Wildman–Crippen LogP) is 3.32. The van der Waals surface area contributed by atoms with Gasteiger partial charge in [0.25, 0.3) is 0 Å². The molecule has 112 valence electrons. The van der Waals surface area contributed by atoms with Crippen LogP contribution in [0.5, 0.6) is 0 Å². The molecule has 1 fully saturated rings. The van der Waals surface area contributed by atoms with E-state index in [9.17, 15) is 4.79 Å². The molecule has 6 heteroatoms. The molecule has 0 bridgehead atoms. The summed E-state index contributed by atoms with van der Waals surface area (Å²) in [5, 5.41) is 4.93. The molecule has 2 heterocycles.